The van der Waals surface area contributed by atoms with Gasteiger partial charge in [0.25, 0.3) is 0 Å². The Hall–Kier alpha value is -2.43. The summed E-state index contributed by atoms with van der Waals surface area (Å²) in [5, 5.41) is 8.15. The number of carbonyl (C=O) groups excluding carboxylic acids is 1. The zero-order valence-corrected chi connectivity index (χ0v) is 11.7. The third-order valence-electron chi connectivity index (χ3n) is 3.89. The molecule has 1 aromatic heterocycles. The van der Waals surface area contributed by atoms with Gasteiger partial charge in [-0.05, 0) is 30.7 Å². The van der Waals surface area contributed by atoms with E-state index in [4.69, 9.17) is 5.41 Å². The van der Waals surface area contributed by atoms with Gasteiger partial charge in [0.1, 0.15) is 5.83 Å². The molecular formula is C16H16FN3O. The Kier molecular flexibility index (Phi) is 3.33. The molecule has 0 amide bonds. The van der Waals surface area contributed by atoms with Gasteiger partial charge in [-0.2, -0.15) is 0 Å². The van der Waals surface area contributed by atoms with Crippen molar-refractivity contribution in [3.63, 3.8) is 0 Å². The van der Waals surface area contributed by atoms with E-state index in [1.54, 1.807) is 15.2 Å². The number of halogens is 1. The highest BCUT2D eigenvalue weighted by Crippen LogP contribution is 2.19. The minimum absolute atomic E-state index is 0.00940. The van der Waals surface area contributed by atoms with Gasteiger partial charge in [0.05, 0.1) is 17.6 Å². The van der Waals surface area contributed by atoms with Gasteiger partial charge in [0.15, 0.2) is 5.78 Å². The van der Waals surface area contributed by atoms with Crippen molar-refractivity contribution >= 4 is 16.8 Å². The van der Waals surface area contributed by atoms with Gasteiger partial charge < -0.3 is 9.13 Å². The average Bonchev–Trinajstić information content (AvgIpc) is 2.73. The maximum atomic E-state index is 12.9. The Morgan fingerprint density at radius 2 is 2.10 bits per heavy atom. The number of allylic oxidation sites excluding steroid dienone is 4. The molecule has 1 atom stereocenters. The molecule has 0 saturated carbocycles. The highest BCUT2D eigenvalue weighted by Gasteiger charge is 2.19. The molecule has 2 aromatic rings. The molecule has 0 fully saturated rings. The van der Waals surface area contributed by atoms with Crippen LogP contribution < -0.4 is 5.62 Å². The van der Waals surface area contributed by atoms with Crippen LogP contribution in [0.2, 0.25) is 0 Å². The van der Waals surface area contributed by atoms with Crippen molar-refractivity contribution in [1.82, 2.24) is 9.13 Å². The molecule has 0 spiro atoms. The van der Waals surface area contributed by atoms with Crippen molar-refractivity contribution < 1.29 is 9.18 Å². The number of hydrogen-bond donors (Lipinski definition) is 1. The molecular weight excluding hydrogens is 269 g/mol. The largest absolute Gasteiger partial charge is 0.313 e. The van der Waals surface area contributed by atoms with Crippen molar-refractivity contribution in [2.45, 2.75) is 13.0 Å². The first kappa shape index (κ1) is 13.5. The summed E-state index contributed by atoms with van der Waals surface area (Å²) in [7, 11) is 1.81. The van der Waals surface area contributed by atoms with Crippen LogP contribution in [-0.4, -0.2) is 14.9 Å². The average molecular weight is 285 g/mol. The van der Waals surface area contributed by atoms with E-state index in [2.05, 4.69) is 0 Å². The number of aryl methyl sites for hydroxylation is 1. The molecule has 1 unspecified atom stereocenters. The minimum Gasteiger partial charge on any atom is -0.313 e. The number of hydrogen-bond acceptors (Lipinski definition) is 2. The number of para-hydroxylation sites is 2. The Morgan fingerprint density at radius 1 is 1.38 bits per heavy atom. The molecule has 1 aliphatic carbocycles. The number of imidazole rings is 1. The highest BCUT2D eigenvalue weighted by atomic mass is 19.1. The van der Waals surface area contributed by atoms with Gasteiger partial charge in [-0.15, -0.1) is 0 Å². The Morgan fingerprint density at radius 3 is 2.76 bits per heavy atom. The highest BCUT2D eigenvalue weighted by molar-refractivity contribution is 5.85. The molecule has 0 aliphatic heterocycles. The summed E-state index contributed by atoms with van der Waals surface area (Å²) in [6.07, 6.45) is 4.76. The first-order valence-corrected chi connectivity index (χ1v) is 6.83. The fourth-order valence-corrected chi connectivity index (χ4v) is 2.65. The third-order valence-corrected chi connectivity index (χ3v) is 3.89. The lowest BCUT2D eigenvalue weighted by Gasteiger charge is -2.13. The summed E-state index contributed by atoms with van der Waals surface area (Å²) in [4.78, 5) is 12.4. The lowest BCUT2D eigenvalue weighted by atomic mass is 9.96. The molecule has 4 nitrogen and oxygen atoms in total. The SMILES string of the molecule is Cn1c(=N)n(CC(=O)C2C=CC(F)=CC2)c2ccccc21. The number of Topliss-reactive ketones (excluding diaryl/α,β-unsaturated/α-hetero) is 1. The number of aromatic nitrogens is 2. The number of carbonyl (C=O) groups is 1. The second-order valence-electron chi connectivity index (χ2n) is 5.21. The van der Waals surface area contributed by atoms with Crippen LogP contribution in [0.3, 0.4) is 0 Å². The van der Waals surface area contributed by atoms with E-state index in [0.29, 0.717) is 6.42 Å². The number of ketones is 1. The summed E-state index contributed by atoms with van der Waals surface area (Å²) in [5.41, 5.74) is 2.06. The lowest BCUT2D eigenvalue weighted by molar-refractivity contribution is -0.122. The van der Waals surface area contributed by atoms with Gasteiger partial charge in [-0.25, -0.2) is 4.39 Å². The number of nitrogens with one attached hydrogen (secondary N) is 1. The van der Waals surface area contributed by atoms with E-state index in [0.717, 1.165) is 11.0 Å². The second-order valence-corrected chi connectivity index (χ2v) is 5.21. The topological polar surface area (TPSA) is 50.8 Å². The summed E-state index contributed by atoms with van der Waals surface area (Å²) in [6.45, 7) is 0.130. The van der Waals surface area contributed by atoms with Crippen molar-refractivity contribution in [2.24, 2.45) is 13.0 Å². The molecule has 1 N–H and O–H groups in total. The maximum Gasteiger partial charge on any atom is 0.203 e. The second kappa shape index (κ2) is 5.16. The van der Waals surface area contributed by atoms with E-state index in [-0.39, 0.29) is 29.7 Å². The van der Waals surface area contributed by atoms with Gasteiger partial charge >= 0.3 is 0 Å². The van der Waals surface area contributed by atoms with Crippen LogP contribution >= 0.6 is 0 Å². The molecule has 1 aromatic carbocycles. The summed E-state index contributed by atoms with van der Waals surface area (Å²) < 4.78 is 16.4. The van der Waals surface area contributed by atoms with E-state index < -0.39 is 0 Å². The van der Waals surface area contributed by atoms with Crippen LogP contribution in [0, 0.1) is 11.3 Å². The first-order valence-electron chi connectivity index (χ1n) is 6.83. The van der Waals surface area contributed by atoms with Gasteiger partial charge in [-0.3, -0.25) is 10.2 Å². The van der Waals surface area contributed by atoms with Crippen molar-refractivity contribution in [1.29, 1.82) is 5.41 Å². The van der Waals surface area contributed by atoms with Crippen LogP contribution in [0.15, 0.2) is 48.3 Å². The Labute approximate surface area is 121 Å². The van der Waals surface area contributed by atoms with Gasteiger partial charge in [-0.1, -0.05) is 18.2 Å². The quantitative estimate of drug-likeness (QED) is 0.925. The number of nitrogens with zero attached hydrogens (tertiary/aromatic N) is 2. The van der Waals surface area contributed by atoms with E-state index in [1.165, 1.54) is 12.2 Å². The molecule has 0 bridgehead atoms. The Balaban J connectivity index is 1.92. The molecule has 108 valence electrons. The Bertz CT molecular complexity index is 826. The van der Waals surface area contributed by atoms with Crippen molar-refractivity contribution in [2.75, 3.05) is 0 Å². The molecule has 3 rings (SSSR count). The third kappa shape index (κ3) is 2.35. The van der Waals surface area contributed by atoms with Crippen LogP contribution in [-0.2, 0) is 18.4 Å². The van der Waals surface area contributed by atoms with Gasteiger partial charge in [0.2, 0.25) is 5.62 Å². The standard InChI is InChI=1S/C16H16FN3O/c1-19-13-4-2-3-5-14(13)20(16(19)18)10-15(21)11-6-8-12(17)9-7-11/h2-6,8-9,11,18H,7,10H2,1H3. The van der Waals surface area contributed by atoms with E-state index in [9.17, 15) is 9.18 Å². The molecule has 1 heterocycles. The summed E-state index contributed by atoms with van der Waals surface area (Å²) in [6, 6.07) is 7.62. The summed E-state index contributed by atoms with van der Waals surface area (Å²) >= 11 is 0. The predicted molar refractivity (Wildman–Crippen MR) is 78.2 cm³/mol. The molecule has 1 aliphatic rings. The van der Waals surface area contributed by atoms with Crippen LogP contribution in [0.25, 0.3) is 11.0 Å². The monoisotopic (exact) mass is 285 g/mol. The number of benzene rings is 1. The molecule has 0 saturated heterocycles. The van der Waals surface area contributed by atoms with Crippen LogP contribution in [0.5, 0.6) is 0 Å². The first-order chi connectivity index (χ1) is 10.1. The van der Waals surface area contributed by atoms with Crippen molar-refractivity contribution in [3.05, 3.63) is 53.9 Å². The number of fused-ring (bicyclic) bond motifs is 1. The fourth-order valence-electron chi connectivity index (χ4n) is 2.65. The van der Waals surface area contributed by atoms with E-state index >= 15 is 0 Å². The normalized spacial score (nSPS) is 18.0. The fraction of sp³-hybridized carbons (Fsp3) is 0.250. The predicted octanol–water partition coefficient (Wildman–Crippen LogP) is 2.46. The van der Waals surface area contributed by atoms with Crippen molar-refractivity contribution in [3.8, 4) is 0 Å². The molecule has 0 radical (unpaired) electrons. The smallest absolute Gasteiger partial charge is 0.203 e. The maximum absolute atomic E-state index is 12.9. The van der Waals surface area contributed by atoms with Crippen LogP contribution in [0.4, 0.5) is 4.39 Å². The zero-order valence-electron chi connectivity index (χ0n) is 11.7. The van der Waals surface area contributed by atoms with Gasteiger partial charge in [0, 0.05) is 13.0 Å². The lowest BCUT2D eigenvalue weighted by Crippen LogP contribution is -2.28. The molecule has 21 heavy (non-hydrogen) atoms. The number of rotatable bonds is 3. The van der Waals surface area contributed by atoms with Crippen LogP contribution in [0.1, 0.15) is 6.42 Å². The summed E-state index contributed by atoms with van der Waals surface area (Å²) in [5.74, 6) is -0.613. The molecule has 5 heteroatoms. The van der Waals surface area contributed by atoms with E-state index in [1.807, 2.05) is 31.3 Å². The zero-order chi connectivity index (χ0) is 15.0. The minimum atomic E-state index is -0.310.